The van der Waals surface area contributed by atoms with Crippen LogP contribution in [0.4, 0.5) is 0 Å². The molecule has 16 heavy (non-hydrogen) atoms. The van der Waals surface area contributed by atoms with Crippen LogP contribution < -0.4 is 0 Å². The molecule has 4 heteroatoms. The highest BCUT2D eigenvalue weighted by atomic mass is 35.5. The van der Waals surface area contributed by atoms with E-state index in [1.54, 1.807) is 6.33 Å². The number of hydrogen-bond acceptors (Lipinski definition) is 2. The molecule has 0 bridgehead atoms. The summed E-state index contributed by atoms with van der Waals surface area (Å²) in [5.41, 5.74) is 4.04. The SMILES string of the molecule is ClCc1nncn1-c1ccc2c(c1)CCC2. The smallest absolute Gasteiger partial charge is 0.152 e. The van der Waals surface area contributed by atoms with E-state index in [0.29, 0.717) is 5.88 Å². The van der Waals surface area contributed by atoms with Crippen LogP contribution in [0.3, 0.4) is 0 Å². The molecule has 1 aliphatic carbocycles. The third kappa shape index (κ3) is 1.52. The van der Waals surface area contributed by atoms with Gasteiger partial charge in [0, 0.05) is 5.69 Å². The Hall–Kier alpha value is -1.35. The van der Waals surface area contributed by atoms with E-state index < -0.39 is 0 Å². The number of nitrogens with zero attached hydrogens (tertiary/aromatic N) is 3. The molecule has 1 aromatic carbocycles. The number of aromatic nitrogens is 3. The molecule has 1 aromatic heterocycles. The first-order chi connectivity index (χ1) is 7.88. The molecule has 1 heterocycles. The van der Waals surface area contributed by atoms with E-state index in [9.17, 15) is 0 Å². The standard InChI is InChI=1S/C12H12ClN3/c13-7-12-15-14-8-16(12)11-5-4-9-2-1-3-10(9)6-11/h4-6,8H,1-3,7H2. The first-order valence-corrected chi connectivity index (χ1v) is 5.99. The molecule has 0 saturated carbocycles. The maximum atomic E-state index is 5.82. The molecule has 0 spiro atoms. The molecular weight excluding hydrogens is 222 g/mol. The van der Waals surface area contributed by atoms with Crippen LogP contribution in [0.15, 0.2) is 24.5 Å². The van der Waals surface area contributed by atoms with Gasteiger partial charge in [-0.25, -0.2) is 0 Å². The summed E-state index contributed by atoms with van der Waals surface area (Å²) in [5.74, 6) is 1.18. The number of aryl methyl sites for hydroxylation is 2. The van der Waals surface area contributed by atoms with Crippen molar-refractivity contribution in [2.24, 2.45) is 0 Å². The molecule has 3 rings (SSSR count). The summed E-state index contributed by atoms with van der Waals surface area (Å²) >= 11 is 5.82. The fourth-order valence-corrected chi connectivity index (χ4v) is 2.46. The van der Waals surface area contributed by atoms with Gasteiger partial charge in [-0.15, -0.1) is 21.8 Å². The lowest BCUT2D eigenvalue weighted by Crippen LogP contribution is -1.99. The van der Waals surface area contributed by atoms with Crippen LogP contribution in [-0.2, 0) is 18.7 Å². The van der Waals surface area contributed by atoms with Gasteiger partial charge >= 0.3 is 0 Å². The van der Waals surface area contributed by atoms with E-state index in [0.717, 1.165) is 11.5 Å². The van der Waals surface area contributed by atoms with E-state index in [1.807, 2.05) is 4.57 Å². The van der Waals surface area contributed by atoms with Gasteiger partial charge in [-0.05, 0) is 42.5 Å². The van der Waals surface area contributed by atoms with Crippen molar-refractivity contribution >= 4 is 11.6 Å². The molecule has 0 saturated heterocycles. The van der Waals surface area contributed by atoms with Gasteiger partial charge in [-0.2, -0.15) is 0 Å². The Balaban J connectivity index is 2.07. The van der Waals surface area contributed by atoms with Crippen LogP contribution in [0.1, 0.15) is 23.4 Å². The summed E-state index contributed by atoms with van der Waals surface area (Å²) in [6.45, 7) is 0. The highest BCUT2D eigenvalue weighted by Gasteiger charge is 2.12. The first kappa shape index (κ1) is 9.85. The van der Waals surface area contributed by atoms with Gasteiger partial charge in [0.15, 0.2) is 5.82 Å². The van der Waals surface area contributed by atoms with E-state index in [1.165, 1.54) is 30.4 Å². The van der Waals surface area contributed by atoms with Gasteiger partial charge in [0.1, 0.15) is 6.33 Å². The van der Waals surface area contributed by atoms with E-state index in [-0.39, 0.29) is 0 Å². The van der Waals surface area contributed by atoms with Crippen molar-refractivity contribution in [3.05, 3.63) is 41.5 Å². The minimum atomic E-state index is 0.386. The van der Waals surface area contributed by atoms with Crippen molar-refractivity contribution < 1.29 is 0 Å². The Morgan fingerprint density at radius 2 is 2.12 bits per heavy atom. The van der Waals surface area contributed by atoms with Crippen LogP contribution >= 0.6 is 11.6 Å². The molecule has 0 aliphatic heterocycles. The quantitative estimate of drug-likeness (QED) is 0.747. The molecule has 82 valence electrons. The maximum Gasteiger partial charge on any atom is 0.152 e. The molecule has 0 amide bonds. The Kier molecular flexibility index (Phi) is 2.40. The minimum Gasteiger partial charge on any atom is -0.285 e. The lowest BCUT2D eigenvalue weighted by molar-refractivity contribution is 0.910. The summed E-state index contributed by atoms with van der Waals surface area (Å²) in [4.78, 5) is 0. The fraction of sp³-hybridized carbons (Fsp3) is 0.333. The van der Waals surface area contributed by atoms with Gasteiger partial charge in [0.2, 0.25) is 0 Å². The number of benzene rings is 1. The van der Waals surface area contributed by atoms with Crippen molar-refractivity contribution in [1.29, 1.82) is 0 Å². The van der Waals surface area contributed by atoms with Gasteiger partial charge < -0.3 is 0 Å². The maximum absolute atomic E-state index is 5.82. The van der Waals surface area contributed by atoms with Crippen molar-refractivity contribution in [2.45, 2.75) is 25.1 Å². The molecule has 0 N–H and O–H groups in total. The largest absolute Gasteiger partial charge is 0.285 e. The topological polar surface area (TPSA) is 30.7 Å². The zero-order valence-electron chi connectivity index (χ0n) is 8.86. The van der Waals surface area contributed by atoms with Crippen LogP contribution in [0.5, 0.6) is 0 Å². The Bertz CT molecular complexity index is 519. The zero-order chi connectivity index (χ0) is 11.0. The summed E-state index contributed by atoms with van der Waals surface area (Å²) in [5, 5.41) is 7.88. The second-order valence-corrected chi connectivity index (χ2v) is 4.32. The third-order valence-electron chi connectivity index (χ3n) is 3.10. The second kappa shape index (κ2) is 3.91. The molecule has 0 unspecified atom stereocenters. The van der Waals surface area contributed by atoms with E-state index in [2.05, 4.69) is 28.4 Å². The number of halogens is 1. The van der Waals surface area contributed by atoms with Crippen molar-refractivity contribution in [2.75, 3.05) is 0 Å². The first-order valence-electron chi connectivity index (χ1n) is 5.45. The third-order valence-corrected chi connectivity index (χ3v) is 3.34. The van der Waals surface area contributed by atoms with Gasteiger partial charge in [-0.3, -0.25) is 4.57 Å². The van der Waals surface area contributed by atoms with Crippen LogP contribution in [0.2, 0.25) is 0 Å². The van der Waals surface area contributed by atoms with Crippen LogP contribution in [-0.4, -0.2) is 14.8 Å². The van der Waals surface area contributed by atoms with E-state index >= 15 is 0 Å². The van der Waals surface area contributed by atoms with Crippen LogP contribution in [0.25, 0.3) is 5.69 Å². The molecule has 3 nitrogen and oxygen atoms in total. The molecule has 2 aromatic rings. The molecule has 0 fully saturated rings. The summed E-state index contributed by atoms with van der Waals surface area (Å²) < 4.78 is 1.95. The summed E-state index contributed by atoms with van der Waals surface area (Å²) in [7, 11) is 0. The van der Waals surface area contributed by atoms with E-state index in [4.69, 9.17) is 11.6 Å². The molecule has 1 aliphatic rings. The van der Waals surface area contributed by atoms with Crippen molar-refractivity contribution in [1.82, 2.24) is 14.8 Å². The zero-order valence-corrected chi connectivity index (χ0v) is 9.61. The fourth-order valence-electron chi connectivity index (χ4n) is 2.27. The normalized spacial score (nSPS) is 14.1. The summed E-state index contributed by atoms with van der Waals surface area (Å²) in [6.07, 6.45) is 5.37. The Morgan fingerprint density at radius 1 is 1.25 bits per heavy atom. The predicted molar refractivity (Wildman–Crippen MR) is 62.9 cm³/mol. The van der Waals surface area contributed by atoms with Crippen LogP contribution in [0, 0.1) is 0 Å². The number of alkyl halides is 1. The summed E-state index contributed by atoms with van der Waals surface area (Å²) in [6, 6.07) is 6.54. The predicted octanol–water partition coefficient (Wildman–Crippen LogP) is 2.49. The molecular formula is C12H12ClN3. The highest BCUT2D eigenvalue weighted by Crippen LogP contribution is 2.24. The highest BCUT2D eigenvalue weighted by molar-refractivity contribution is 6.16. The minimum absolute atomic E-state index is 0.386. The number of rotatable bonds is 2. The molecule has 0 atom stereocenters. The van der Waals surface area contributed by atoms with Gasteiger partial charge in [-0.1, -0.05) is 6.07 Å². The van der Waals surface area contributed by atoms with Gasteiger partial charge in [0.05, 0.1) is 5.88 Å². The lowest BCUT2D eigenvalue weighted by atomic mass is 10.1. The Labute approximate surface area is 99.1 Å². The van der Waals surface area contributed by atoms with Gasteiger partial charge in [0.25, 0.3) is 0 Å². The van der Waals surface area contributed by atoms with Crippen molar-refractivity contribution in [3.8, 4) is 5.69 Å². The average molecular weight is 234 g/mol. The number of hydrogen-bond donors (Lipinski definition) is 0. The average Bonchev–Trinajstić information content (AvgIpc) is 2.96. The number of fused-ring (bicyclic) bond motifs is 1. The lowest BCUT2D eigenvalue weighted by Gasteiger charge is -2.07. The second-order valence-electron chi connectivity index (χ2n) is 4.06. The van der Waals surface area contributed by atoms with Crippen molar-refractivity contribution in [3.63, 3.8) is 0 Å². The monoisotopic (exact) mass is 233 g/mol. The Morgan fingerprint density at radius 3 is 3.00 bits per heavy atom. The molecule has 0 radical (unpaired) electrons.